The lowest BCUT2D eigenvalue weighted by atomic mass is 10.2. The van der Waals surface area contributed by atoms with Crippen molar-refractivity contribution in [1.29, 1.82) is 0 Å². The molecule has 0 saturated carbocycles. The van der Waals surface area contributed by atoms with Crippen LogP contribution in [0.5, 0.6) is 5.75 Å². The van der Waals surface area contributed by atoms with Crippen molar-refractivity contribution >= 4 is 27.5 Å². The number of benzene rings is 3. The molecule has 3 aromatic carbocycles. The van der Waals surface area contributed by atoms with Crippen LogP contribution in [0.3, 0.4) is 0 Å². The number of ether oxygens (including phenoxy) is 1. The number of hydrogen-bond acceptors (Lipinski definition) is 5. The molecule has 34 heavy (non-hydrogen) atoms. The van der Waals surface area contributed by atoms with E-state index in [1.54, 1.807) is 18.2 Å². The number of amides is 2. The van der Waals surface area contributed by atoms with Crippen molar-refractivity contribution in [3.8, 4) is 5.75 Å². The van der Waals surface area contributed by atoms with Crippen LogP contribution in [0.4, 0.5) is 10.1 Å². The summed E-state index contributed by atoms with van der Waals surface area (Å²) in [6.07, 6.45) is 0. The van der Waals surface area contributed by atoms with Gasteiger partial charge in [0.15, 0.2) is 0 Å². The second kappa shape index (κ2) is 11.3. The largest absolute Gasteiger partial charge is 0.494 e. The average molecular weight is 486 g/mol. The number of hydrogen-bond donors (Lipinski definition) is 3. The molecular formula is C24H24FN3O5S. The Balaban J connectivity index is 1.50. The van der Waals surface area contributed by atoms with Gasteiger partial charge in [-0.2, -0.15) is 0 Å². The molecule has 2 amide bonds. The third kappa shape index (κ3) is 6.55. The van der Waals surface area contributed by atoms with Gasteiger partial charge in [-0.15, -0.1) is 0 Å². The Morgan fingerprint density at radius 3 is 2.09 bits per heavy atom. The van der Waals surface area contributed by atoms with Crippen molar-refractivity contribution in [2.45, 2.75) is 11.8 Å². The van der Waals surface area contributed by atoms with E-state index in [1.165, 1.54) is 54.6 Å². The van der Waals surface area contributed by atoms with Crippen molar-refractivity contribution in [1.82, 2.24) is 10.6 Å². The van der Waals surface area contributed by atoms with Crippen molar-refractivity contribution in [3.63, 3.8) is 0 Å². The molecule has 0 aliphatic carbocycles. The maximum atomic E-state index is 13.6. The van der Waals surface area contributed by atoms with Crippen LogP contribution in [0.2, 0.25) is 0 Å². The summed E-state index contributed by atoms with van der Waals surface area (Å²) in [7, 11) is -3.80. The Labute approximate surface area is 197 Å². The van der Waals surface area contributed by atoms with Gasteiger partial charge in [-0.3, -0.25) is 14.3 Å². The van der Waals surface area contributed by atoms with E-state index in [2.05, 4.69) is 15.4 Å². The predicted octanol–water partition coefficient (Wildman–Crippen LogP) is 3.19. The molecule has 10 heteroatoms. The molecule has 0 spiro atoms. The highest BCUT2D eigenvalue weighted by Crippen LogP contribution is 2.19. The van der Waals surface area contributed by atoms with Gasteiger partial charge >= 0.3 is 0 Å². The number of carbonyl (C=O) groups excluding carboxylic acids is 2. The normalized spacial score (nSPS) is 10.9. The van der Waals surface area contributed by atoms with E-state index in [-0.39, 0.29) is 23.5 Å². The van der Waals surface area contributed by atoms with Crippen LogP contribution < -0.4 is 20.1 Å². The van der Waals surface area contributed by atoms with Crippen molar-refractivity contribution < 1.29 is 27.1 Å². The molecule has 0 unspecified atom stereocenters. The van der Waals surface area contributed by atoms with Gasteiger partial charge in [0.05, 0.1) is 17.1 Å². The molecule has 178 valence electrons. The second-order valence-electron chi connectivity index (χ2n) is 7.08. The summed E-state index contributed by atoms with van der Waals surface area (Å²) in [6, 6.07) is 17.5. The van der Waals surface area contributed by atoms with Gasteiger partial charge in [0.25, 0.3) is 21.8 Å². The lowest BCUT2D eigenvalue weighted by Gasteiger charge is -2.10. The van der Waals surface area contributed by atoms with Crippen LogP contribution in [0.25, 0.3) is 0 Å². The third-order valence-electron chi connectivity index (χ3n) is 4.66. The smallest absolute Gasteiger partial charge is 0.261 e. The number of anilines is 1. The molecule has 8 nitrogen and oxygen atoms in total. The first kappa shape index (κ1) is 24.7. The Kier molecular flexibility index (Phi) is 8.20. The van der Waals surface area contributed by atoms with Crippen molar-refractivity contribution in [2.75, 3.05) is 24.4 Å². The van der Waals surface area contributed by atoms with Gasteiger partial charge in [0, 0.05) is 24.3 Å². The van der Waals surface area contributed by atoms with E-state index < -0.39 is 27.7 Å². The highest BCUT2D eigenvalue weighted by molar-refractivity contribution is 7.92. The van der Waals surface area contributed by atoms with Crippen LogP contribution in [0.15, 0.2) is 77.7 Å². The Morgan fingerprint density at radius 1 is 0.853 bits per heavy atom. The summed E-state index contributed by atoms with van der Waals surface area (Å²) in [5.74, 6) is -1.02. The highest BCUT2D eigenvalue weighted by atomic mass is 32.2. The standard InChI is InChI=1S/C24H24FN3O5S/c1-2-33-19-11-13-20(14-12-19)34(31,32)28-18-9-7-17(8-10-18)23(29)26-15-16-27-24(30)21-5-3-4-6-22(21)25/h3-14,28H,2,15-16H2,1H3,(H,26,29)(H,27,30). The molecule has 0 bridgehead atoms. The van der Waals surface area contributed by atoms with Crippen molar-refractivity contribution in [2.24, 2.45) is 0 Å². The zero-order chi connectivity index (χ0) is 24.6. The molecule has 0 radical (unpaired) electrons. The molecule has 0 aliphatic heterocycles. The maximum absolute atomic E-state index is 13.6. The number of halogens is 1. The van der Waals surface area contributed by atoms with E-state index in [1.807, 2.05) is 6.92 Å². The van der Waals surface area contributed by atoms with E-state index in [0.29, 0.717) is 23.6 Å². The zero-order valence-electron chi connectivity index (χ0n) is 18.4. The lowest BCUT2D eigenvalue weighted by Crippen LogP contribution is -2.35. The summed E-state index contributed by atoms with van der Waals surface area (Å²) >= 11 is 0. The molecule has 0 fully saturated rings. The number of nitrogens with one attached hydrogen (secondary N) is 3. The van der Waals surface area contributed by atoms with E-state index in [4.69, 9.17) is 4.74 Å². The molecule has 0 atom stereocenters. The van der Waals surface area contributed by atoms with Crippen molar-refractivity contribution in [3.05, 3.63) is 89.7 Å². The molecule has 3 aromatic rings. The summed E-state index contributed by atoms with van der Waals surface area (Å²) in [5, 5.41) is 5.16. The Hall–Kier alpha value is -3.92. The van der Waals surface area contributed by atoms with E-state index in [0.717, 1.165) is 0 Å². The highest BCUT2D eigenvalue weighted by Gasteiger charge is 2.15. The maximum Gasteiger partial charge on any atom is 0.261 e. The summed E-state index contributed by atoms with van der Waals surface area (Å²) in [4.78, 5) is 24.3. The van der Waals surface area contributed by atoms with Gasteiger partial charge in [-0.1, -0.05) is 12.1 Å². The molecule has 0 aromatic heterocycles. The monoisotopic (exact) mass is 485 g/mol. The molecule has 0 aliphatic rings. The Morgan fingerprint density at radius 2 is 1.47 bits per heavy atom. The predicted molar refractivity (Wildman–Crippen MR) is 126 cm³/mol. The second-order valence-corrected chi connectivity index (χ2v) is 8.76. The fourth-order valence-corrected chi connectivity index (χ4v) is 4.04. The van der Waals surface area contributed by atoms with Crippen LogP contribution in [-0.4, -0.2) is 39.9 Å². The summed E-state index contributed by atoms with van der Waals surface area (Å²) in [6.45, 7) is 2.55. The third-order valence-corrected chi connectivity index (χ3v) is 6.06. The minimum absolute atomic E-state index is 0.0721. The van der Waals surface area contributed by atoms with Crippen LogP contribution in [-0.2, 0) is 10.0 Å². The quantitative estimate of drug-likeness (QED) is 0.382. The van der Waals surface area contributed by atoms with Crippen LogP contribution in [0, 0.1) is 5.82 Å². The zero-order valence-corrected chi connectivity index (χ0v) is 19.2. The summed E-state index contributed by atoms with van der Waals surface area (Å²) < 4.78 is 46.5. The fraction of sp³-hybridized carbons (Fsp3) is 0.167. The van der Waals surface area contributed by atoms with E-state index in [9.17, 15) is 22.4 Å². The van der Waals surface area contributed by atoms with E-state index >= 15 is 0 Å². The molecular weight excluding hydrogens is 461 g/mol. The van der Waals surface area contributed by atoms with Gasteiger partial charge in [0.1, 0.15) is 11.6 Å². The minimum atomic E-state index is -3.80. The number of rotatable bonds is 10. The molecule has 3 N–H and O–H groups in total. The van der Waals surface area contributed by atoms with Crippen LogP contribution in [0.1, 0.15) is 27.6 Å². The summed E-state index contributed by atoms with van der Waals surface area (Å²) in [5.41, 5.74) is 0.532. The molecule has 0 heterocycles. The number of carbonyl (C=O) groups is 2. The van der Waals surface area contributed by atoms with Gasteiger partial charge in [0.2, 0.25) is 0 Å². The first-order valence-corrected chi connectivity index (χ1v) is 11.9. The topological polar surface area (TPSA) is 114 Å². The van der Waals surface area contributed by atoms with Gasteiger partial charge < -0.3 is 15.4 Å². The Bertz CT molecular complexity index is 1250. The van der Waals surface area contributed by atoms with Crippen LogP contribution >= 0.6 is 0 Å². The fourth-order valence-electron chi connectivity index (χ4n) is 2.98. The minimum Gasteiger partial charge on any atom is -0.494 e. The molecule has 0 saturated heterocycles. The first-order valence-electron chi connectivity index (χ1n) is 10.5. The van der Waals surface area contributed by atoms with Gasteiger partial charge in [-0.05, 0) is 67.6 Å². The lowest BCUT2D eigenvalue weighted by molar-refractivity contribution is 0.0925. The average Bonchev–Trinajstić information content (AvgIpc) is 2.82. The van der Waals surface area contributed by atoms with Gasteiger partial charge in [-0.25, -0.2) is 12.8 Å². The SMILES string of the molecule is CCOc1ccc(S(=O)(=O)Nc2ccc(C(=O)NCCNC(=O)c3ccccc3F)cc2)cc1. The first-order chi connectivity index (χ1) is 16.3. The molecule has 3 rings (SSSR count). The number of sulfonamides is 1.